The van der Waals surface area contributed by atoms with Crippen LogP contribution in [0.15, 0.2) is 18.7 Å². The summed E-state index contributed by atoms with van der Waals surface area (Å²) in [6, 6.07) is 0. The zero-order valence-electron chi connectivity index (χ0n) is 12.0. The molecule has 6 heteroatoms. The second kappa shape index (κ2) is 11.7. The van der Waals surface area contributed by atoms with E-state index in [0.29, 0.717) is 13.2 Å². The third-order valence-corrected chi connectivity index (χ3v) is 2.19. The van der Waals surface area contributed by atoms with Crippen LogP contribution in [0.5, 0.6) is 0 Å². The Hall–Kier alpha value is -1.40. The number of carboxylic acids is 1. The molecule has 0 aromatic carbocycles. The average Bonchev–Trinajstić information content (AvgIpc) is 2.76. The van der Waals surface area contributed by atoms with Gasteiger partial charge in [0.2, 0.25) is 6.33 Å². The number of ether oxygens (including phenoxy) is 2. The Morgan fingerprint density at radius 2 is 2.11 bits per heavy atom. The third-order valence-electron chi connectivity index (χ3n) is 2.19. The van der Waals surface area contributed by atoms with Crippen molar-refractivity contribution in [3.8, 4) is 0 Å². The Kier molecular flexibility index (Phi) is 10.8. The minimum atomic E-state index is -1.09. The van der Waals surface area contributed by atoms with Gasteiger partial charge in [0.05, 0.1) is 33.4 Å². The lowest BCUT2D eigenvalue weighted by atomic mass is 10.5. The Morgan fingerprint density at radius 3 is 2.58 bits per heavy atom. The van der Waals surface area contributed by atoms with Crippen LogP contribution in [0.1, 0.15) is 19.8 Å². The minimum Gasteiger partial charge on any atom is -0.550 e. The van der Waals surface area contributed by atoms with Crippen LogP contribution < -0.4 is 9.67 Å². The molecule has 0 atom stereocenters. The largest absolute Gasteiger partial charge is 0.550 e. The quantitative estimate of drug-likeness (QED) is 0.473. The van der Waals surface area contributed by atoms with Crippen molar-refractivity contribution in [3.63, 3.8) is 0 Å². The number of methoxy groups -OCH3 is 1. The first-order valence-corrected chi connectivity index (χ1v) is 6.37. The molecule has 6 nitrogen and oxygen atoms in total. The smallest absolute Gasteiger partial charge is 0.243 e. The van der Waals surface area contributed by atoms with Gasteiger partial charge in [-0.1, -0.05) is 6.92 Å². The summed E-state index contributed by atoms with van der Waals surface area (Å²) in [5.74, 6) is -1.09. The van der Waals surface area contributed by atoms with E-state index < -0.39 is 5.97 Å². The van der Waals surface area contributed by atoms with Gasteiger partial charge in [-0.25, -0.2) is 9.13 Å². The molecule has 0 bridgehead atoms. The number of aliphatic carboxylic acids is 1. The summed E-state index contributed by atoms with van der Waals surface area (Å²) < 4.78 is 13.7. The van der Waals surface area contributed by atoms with Crippen LogP contribution in [0.4, 0.5) is 0 Å². The van der Waals surface area contributed by atoms with Crippen LogP contribution >= 0.6 is 0 Å². The topological polar surface area (TPSA) is 67.4 Å². The molecule has 0 amide bonds. The van der Waals surface area contributed by atoms with Crippen molar-refractivity contribution in [2.75, 3.05) is 26.9 Å². The van der Waals surface area contributed by atoms with Gasteiger partial charge in [-0.3, -0.25) is 0 Å². The van der Waals surface area contributed by atoms with Gasteiger partial charge in [0, 0.05) is 19.5 Å². The SMILES string of the molecule is CCCn1cc[n+](C)c1.COCCOCCC(=O)[O-]. The van der Waals surface area contributed by atoms with Crippen molar-refractivity contribution >= 4 is 5.97 Å². The predicted molar refractivity (Wildman–Crippen MR) is 68.2 cm³/mol. The highest BCUT2D eigenvalue weighted by Crippen LogP contribution is 1.85. The fourth-order valence-corrected chi connectivity index (χ4v) is 1.29. The van der Waals surface area contributed by atoms with Crippen LogP contribution in [0.3, 0.4) is 0 Å². The molecule has 19 heavy (non-hydrogen) atoms. The molecule has 0 aliphatic rings. The van der Waals surface area contributed by atoms with Crippen molar-refractivity contribution in [1.82, 2.24) is 4.57 Å². The summed E-state index contributed by atoms with van der Waals surface area (Å²) >= 11 is 0. The maximum absolute atomic E-state index is 9.81. The molecule has 0 unspecified atom stereocenters. The number of carboxylic acid groups (broad SMARTS) is 1. The fourth-order valence-electron chi connectivity index (χ4n) is 1.29. The van der Waals surface area contributed by atoms with Gasteiger partial charge in [-0.05, 0) is 6.42 Å². The van der Waals surface area contributed by atoms with E-state index in [9.17, 15) is 9.90 Å². The minimum absolute atomic E-state index is 0.0519. The molecule has 0 aliphatic carbocycles. The lowest BCUT2D eigenvalue weighted by Gasteiger charge is -2.02. The predicted octanol–water partition coefficient (Wildman–Crippen LogP) is -0.488. The normalized spacial score (nSPS) is 9.84. The molecule has 1 aromatic heterocycles. The van der Waals surface area contributed by atoms with Crippen LogP contribution in [0.2, 0.25) is 0 Å². The lowest BCUT2D eigenvalue weighted by molar-refractivity contribution is -0.671. The van der Waals surface area contributed by atoms with E-state index in [1.807, 2.05) is 7.05 Å². The van der Waals surface area contributed by atoms with Gasteiger partial charge in [-0.15, -0.1) is 0 Å². The second-order valence-corrected chi connectivity index (χ2v) is 4.04. The van der Waals surface area contributed by atoms with Crippen LogP contribution in [-0.2, 0) is 27.9 Å². The van der Waals surface area contributed by atoms with Crippen molar-refractivity contribution in [2.45, 2.75) is 26.3 Å². The van der Waals surface area contributed by atoms with Crippen LogP contribution in [0, 0.1) is 0 Å². The summed E-state index contributed by atoms with van der Waals surface area (Å²) in [6.45, 7) is 4.43. The zero-order valence-corrected chi connectivity index (χ0v) is 12.0. The highest BCUT2D eigenvalue weighted by Gasteiger charge is 1.95. The average molecular weight is 272 g/mol. The molecule has 0 spiro atoms. The number of carbonyl (C=O) groups is 1. The van der Waals surface area contributed by atoms with E-state index in [0.717, 1.165) is 6.54 Å². The molecule has 0 radical (unpaired) electrons. The van der Waals surface area contributed by atoms with E-state index in [1.165, 1.54) is 6.42 Å². The molecule has 0 saturated carbocycles. The van der Waals surface area contributed by atoms with E-state index in [-0.39, 0.29) is 13.0 Å². The van der Waals surface area contributed by atoms with Crippen LogP contribution in [0.25, 0.3) is 0 Å². The monoisotopic (exact) mass is 272 g/mol. The van der Waals surface area contributed by atoms with Crippen molar-refractivity contribution in [1.29, 1.82) is 0 Å². The number of hydrogen-bond acceptors (Lipinski definition) is 4. The molecule has 0 saturated heterocycles. The number of imidazole rings is 1. The molecular weight excluding hydrogens is 248 g/mol. The standard InChI is InChI=1S/C7H13N2.C6H12O4/c1-3-4-9-6-5-8(2)7-9;1-9-4-5-10-3-2-6(7)8/h5-7H,3-4H2,1-2H3;2-5H2,1H3,(H,7,8)/q+1;/p-1. The molecular formula is C13H24N2O4. The first kappa shape index (κ1) is 17.6. The number of rotatable bonds is 8. The van der Waals surface area contributed by atoms with Crippen LogP contribution in [-0.4, -0.2) is 37.5 Å². The second-order valence-electron chi connectivity index (χ2n) is 4.04. The number of nitrogens with zero attached hydrogens (tertiary/aromatic N) is 2. The molecule has 1 rings (SSSR count). The Balaban J connectivity index is 0.000000342. The Labute approximate surface area is 114 Å². The van der Waals surface area contributed by atoms with E-state index in [2.05, 4.69) is 39.5 Å². The Bertz CT molecular complexity index is 339. The molecule has 1 aromatic rings. The van der Waals surface area contributed by atoms with Gasteiger partial charge < -0.3 is 19.4 Å². The number of aryl methyl sites for hydroxylation is 2. The summed E-state index contributed by atoms with van der Waals surface area (Å²) in [7, 11) is 3.59. The zero-order chi connectivity index (χ0) is 14.5. The summed E-state index contributed by atoms with van der Waals surface area (Å²) in [6.07, 6.45) is 7.38. The summed E-state index contributed by atoms with van der Waals surface area (Å²) in [5.41, 5.74) is 0. The highest BCUT2D eigenvalue weighted by molar-refractivity contribution is 5.64. The maximum Gasteiger partial charge on any atom is 0.243 e. The van der Waals surface area contributed by atoms with Crippen molar-refractivity contribution < 1.29 is 23.9 Å². The molecule has 1 heterocycles. The molecule has 110 valence electrons. The Morgan fingerprint density at radius 1 is 1.37 bits per heavy atom. The lowest BCUT2D eigenvalue weighted by Crippen LogP contribution is -2.23. The summed E-state index contributed by atoms with van der Waals surface area (Å²) in [4.78, 5) is 9.81. The molecule has 0 aliphatic heterocycles. The van der Waals surface area contributed by atoms with Gasteiger partial charge in [0.1, 0.15) is 12.4 Å². The number of aromatic nitrogens is 2. The van der Waals surface area contributed by atoms with E-state index >= 15 is 0 Å². The molecule has 0 fully saturated rings. The first-order valence-electron chi connectivity index (χ1n) is 6.37. The van der Waals surface area contributed by atoms with Gasteiger partial charge in [-0.2, -0.15) is 0 Å². The maximum atomic E-state index is 9.81. The van der Waals surface area contributed by atoms with E-state index in [4.69, 9.17) is 4.74 Å². The number of carbonyl (C=O) groups excluding carboxylic acids is 1. The van der Waals surface area contributed by atoms with Crippen molar-refractivity contribution in [3.05, 3.63) is 18.7 Å². The van der Waals surface area contributed by atoms with Gasteiger partial charge >= 0.3 is 0 Å². The van der Waals surface area contributed by atoms with Gasteiger partial charge in [0.15, 0.2) is 0 Å². The fraction of sp³-hybridized carbons (Fsp3) is 0.692. The molecule has 0 N–H and O–H groups in total. The first-order chi connectivity index (χ1) is 9.10. The van der Waals surface area contributed by atoms with Crippen molar-refractivity contribution in [2.24, 2.45) is 7.05 Å². The summed E-state index contributed by atoms with van der Waals surface area (Å²) in [5, 5.41) is 9.81. The highest BCUT2D eigenvalue weighted by atomic mass is 16.5. The van der Waals surface area contributed by atoms with E-state index in [1.54, 1.807) is 7.11 Å². The third kappa shape index (κ3) is 11.4. The number of hydrogen-bond donors (Lipinski definition) is 0. The van der Waals surface area contributed by atoms with Gasteiger partial charge in [0.25, 0.3) is 0 Å².